The molecule has 0 radical (unpaired) electrons. The highest BCUT2D eigenvalue weighted by molar-refractivity contribution is 6.44. The van der Waals surface area contributed by atoms with Gasteiger partial charge in [-0.25, -0.2) is 4.79 Å². The van der Waals surface area contributed by atoms with E-state index in [-0.39, 0.29) is 5.56 Å². The molecule has 0 aliphatic rings. The van der Waals surface area contributed by atoms with Gasteiger partial charge in [0.2, 0.25) is 0 Å². The van der Waals surface area contributed by atoms with Crippen LogP contribution >= 0.6 is 23.2 Å². The number of carboxylic acids is 1. The number of alkyl halides is 2. The van der Waals surface area contributed by atoms with Crippen LogP contribution in [0.2, 0.25) is 0 Å². The van der Waals surface area contributed by atoms with Gasteiger partial charge in [0.1, 0.15) is 4.84 Å². The van der Waals surface area contributed by atoms with Gasteiger partial charge in [-0.1, -0.05) is 12.1 Å². The third-order valence-electron chi connectivity index (χ3n) is 1.39. The zero-order valence-electron chi connectivity index (χ0n) is 6.00. The second kappa shape index (κ2) is 3.78. The first kappa shape index (κ1) is 9.36. The molecule has 1 N–H and O–H groups in total. The van der Waals surface area contributed by atoms with Crippen LogP contribution < -0.4 is 0 Å². The minimum absolute atomic E-state index is 0.193. The summed E-state index contributed by atoms with van der Waals surface area (Å²) >= 11 is 11.1. The zero-order chi connectivity index (χ0) is 9.14. The Labute approximate surface area is 79.7 Å². The Balaban J connectivity index is 3.04. The van der Waals surface area contributed by atoms with E-state index < -0.39 is 10.8 Å². The van der Waals surface area contributed by atoms with Gasteiger partial charge in [-0.2, -0.15) is 0 Å². The van der Waals surface area contributed by atoms with Crippen molar-refractivity contribution >= 4 is 29.2 Å². The van der Waals surface area contributed by atoms with Crippen molar-refractivity contribution in [2.75, 3.05) is 0 Å². The van der Waals surface area contributed by atoms with Crippen LogP contribution in [0.15, 0.2) is 24.3 Å². The molecule has 1 rings (SSSR count). The fraction of sp³-hybridized carbons (Fsp3) is 0.125. The SMILES string of the molecule is O=C(O)c1cccc(C(Cl)Cl)c1. The summed E-state index contributed by atoms with van der Waals surface area (Å²) in [5.74, 6) is -0.981. The lowest BCUT2D eigenvalue weighted by Crippen LogP contribution is -1.96. The standard InChI is InChI=1S/C8H6Cl2O2/c9-7(10)5-2-1-3-6(4-5)8(11)12/h1-4,7H,(H,11,12). The van der Waals surface area contributed by atoms with Crippen molar-refractivity contribution in [3.05, 3.63) is 35.4 Å². The molecular formula is C8H6Cl2O2. The molecule has 0 fully saturated rings. The highest BCUT2D eigenvalue weighted by Crippen LogP contribution is 2.24. The van der Waals surface area contributed by atoms with Crippen molar-refractivity contribution in [2.24, 2.45) is 0 Å². The van der Waals surface area contributed by atoms with Gasteiger partial charge in [0.15, 0.2) is 0 Å². The van der Waals surface area contributed by atoms with Crippen molar-refractivity contribution in [1.82, 2.24) is 0 Å². The monoisotopic (exact) mass is 204 g/mol. The molecule has 0 bridgehead atoms. The molecule has 0 aromatic heterocycles. The predicted molar refractivity (Wildman–Crippen MR) is 47.8 cm³/mol. The van der Waals surface area contributed by atoms with Crippen LogP contribution in [0.25, 0.3) is 0 Å². The van der Waals surface area contributed by atoms with Crippen LogP contribution in [0.5, 0.6) is 0 Å². The van der Waals surface area contributed by atoms with E-state index in [9.17, 15) is 4.79 Å². The molecule has 12 heavy (non-hydrogen) atoms. The number of aromatic carboxylic acids is 1. The highest BCUT2D eigenvalue weighted by Gasteiger charge is 2.07. The van der Waals surface area contributed by atoms with E-state index in [0.29, 0.717) is 5.56 Å². The van der Waals surface area contributed by atoms with Crippen molar-refractivity contribution in [1.29, 1.82) is 0 Å². The van der Waals surface area contributed by atoms with Gasteiger partial charge in [0.25, 0.3) is 0 Å². The summed E-state index contributed by atoms with van der Waals surface area (Å²) in [5.41, 5.74) is 0.789. The molecule has 0 aliphatic carbocycles. The molecule has 0 spiro atoms. The Morgan fingerprint density at radius 2 is 2.08 bits per heavy atom. The topological polar surface area (TPSA) is 37.3 Å². The normalized spacial score (nSPS) is 10.2. The number of carboxylic acid groups (broad SMARTS) is 1. The van der Waals surface area contributed by atoms with E-state index in [2.05, 4.69) is 0 Å². The molecule has 0 aliphatic heterocycles. The number of halogens is 2. The largest absolute Gasteiger partial charge is 0.478 e. The number of carbonyl (C=O) groups is 1. The minimum Gasteiger partial charge on any atom is -0.478 e. The van der Waals surface area contributed by atoms with E-state index in [1.54, 1.807) is 12.1 Å². The van der Waals surface area contributed by atoms with Crippen molar-refractivity contribution in [3.8, 4) is 0 Å². The second-order valence-electron chi connectivity index (χ2n) is 2.23. The van der Waals surface area contributed by atoms with Crippen LogP contribution in [-0.2, 0) is 0 Å². The molecular weight excluding hydrogens is 199 g/mol. The molecule has 0 atom stereocenters. The van der Waals surface area contributed by atoms with Gasteiger partial charge in [-0.15, -0.1) is 23.2 Å². The lowest BCUT2D eigenvalue weighted by Gasteiger charge is -2.01. The first-order chi connectivity index (χ1) is 5.61. The van der Waals surface area contributed by atoms with E-state index in [1.807, 2.05) is 0 Å². The Hall–Kier alpha value is -0.730. The molecule has 0 saturated carbocycles. The van der Waals surface area contributed by atoms with E-state index in [4.69, 9.17) is 28.3 Å². The van der Waals surface area contributed by atoms with Crippen LogP contribution in [-0.4, -0.2) is 11.1 Å². The first-order valence-corrected chi connectivity index (χ1v) is 4.10. The number of hydrogen-bond acceptors (Lipinski definition) is 1. The van der Waals surface area contributed by atoms with Crippen LogP contribution in [0, 0.1) is 0 Å². The number of rotatable bonds is 2. The molecule has 4 heteroatoms. The summed E-state index contributed by atoms with van der Waals surface area (Å²) < 4.78 is 0. The van der Waals surface area contributed by atoms with Crippen LogP contribution in [0.3, 0.4) is 0 Å². The van der Waals surface area contributed by atoms with E-state index in [1.165, 1.54) is 12.1 Å². The first-order valence-electron chi connectivity index (χ1n) is 3.22. The van der Waals surface area contributed by atoms with Gasteiger partial charge < -0.3 is 5.11 Å². The number of benzene rings is 1. The highest BCUT2D eigenvalue weighted by atomic mass is 35.5. The van der Waals surface area contributed by atoms with E-state index >= 15 is 0 Å². The summed E-state index contributed by atoms with van der Waals surface area (Å²) in [7, 11) is 0. The fourth-order valence-corrected chi connectivity index (χ4v) is 1.08. The fourth-order valence-electron chi connectivity index (χ4n) is 0.807. The van der Waals surface area contributed by atoms with Gasteiger partial charge in [-0.05, 0) is 17.7 Å². The summed E-state index contributed by atoms with van der Waals surface area (Å²) in [6.07, 6.45) is 0. The van der Waals surface area contributed by atoms with Crippen LogP contribution in [0.1, 0.15) is 20.8 Å². The minimum atomic E-state index is -0.981. The Morgan fingerprint density at radius 3 is 2.58 bits per heavy atom. The van der Waals surface area contributed by atoms with Gasteiger partial charge in [0, 0.05) is 0 Å². The quantitative estimate of drug-likeness (QED) is 0.753. The maximum absolute atomic E-state index is 10.5. The van der Waals surface area contributed by atoms with Gasteiger partial charge in [0.05, 0.1) is 5.56 Å². The summed E-state index contributed by atoms with van der Waals surface area (Å²) in [4.78, 5) is 9.81. The zero-order valence-corrected chi connectivity index (χ0v) is 7.51. The van der Waals surface area contributed by atoms with Crippen molar-refractivity contribution in [2.45, 2.75) is 4.84 Å². The molecule has 0 saturated heterocycles. The maximum atomic E-state index is 10.5. The molecule has 0 amide bonds. The predicted octanol–water partition coefficient (Wildman–Crippen LogP) is 2.86. The lowest BCUT2D eigenvalue weighted by atomic mass is 10.1. The molecule has 1 aromatic carbocycles. The number of hydrogen-bond donors (Lipinski definition) is 1. The Bertz CT molecular complexity index is 297. The third-order valence-corrected chi connectivity index (χ3v) is 1.89. The van der Waals surface area contributed by atoms with Gasteiger partial charge in [-0.3, -0.25) is 0 Å². The molecule has 1 aromatic rings. The summed E-state index contributed by atoms with van der Waals surface area (Å²) in [6, 6.07) is 6.22. The Morgan fingerprint density at radius 1 is 1.42 bits per heavy atom. The van der Waals surface area contributed by atoms with E-state index in [0.717, 1.165) is 0 Å². The average Bonchev–Trinajstić information content (AvgIpc) is 2.04. The summed E-state index contributed by atoms with van der Waals surface area (Å²) in [6.45, 7) is 0. The van der Waals surface area contributed by atoms with Crippen molar-refractivity contribution in [3.63, 3.8) is 0 Å². The Kier molecular flexibility index (Phi) is 2.95. The maximum Gasteiger partial charge on any atom is 0.335 e. The second-order valence-corrected chi connectivity index (χ2v) is 3.33. The summed E-state index contributed by atoms with van der Waals surface area (Å²) in [5, 5.41) is 8.60. The molecule has 0 unspecified atom stereocenters. The molecule has 2 nitrogen and oxygen atoms in total. The van der Waals surface area contributed by atoms with Crippen molar-refractivity contribution < 1.29 is 9.90 Å². The van der Waals surface area contributed by atoms with Crippen LogP contribution in [0.4, 0.5) is 0 Å². The van der Waals surface area contributed by atoms with Gasteiger partial charge >= 0.3 is 5.97 Å². The molecule has 0 heterocycles. The third kappa shape index (κ3) is 2.13. The smallest absolute Gasteiger partial charge is 0.335 e. The lowest BCUT2D eigenvalue weighted by molar-refractivity contribution is 0.0697. The molecule has 64 valence electrons. The average molecular weight is 205 g/mol.